The first-order valence-corrected chi connectivity index (χ1v) is 15.1. The fourth-order valence-electron chi connectivity index (χ4n) is 5.66. The number of halogens is 3. The molecule has 220 valence electrons. The number of hydrogen-bond acceptors (Lipinski definition) is 7. The molecule has 1 aliphatic heterocycles. The minimum Gasteiger partial charge on any atom is -0.394 e. The van der Waals surface area contributed by atoms with E-state index in [9.17, 15) is 31.5 Å². The fourth-order valence-corrected chi connectivity index (χ4v) is 6.55. The molecule has 1 saturated carbocycles. The predicted molar refractivity (Wildman–Crippen MR) is 142 cm³/mol. The third-order valence-corrected chi connectivity index (χ3v) is 9.78. The van der Waals surface area contributed by atoms with Gasteiger partial charge in [0.2, 0.25) is 0 Å². The molecule has 2 aliphatic rings. The molecule has 2 atom stereocenters. The minimum atomic E-state index is -4.14. The van der Waals surface area contributed by atoms with Crippen molar-refractivity contribution in [1.82, 2.24) is 15.2 Å². The number of fused-ring (bicyclic) bond motifs is 1. The van der Waals surface area contributed by atoms with Gasteiger partial charge in [0.25, 0.3) is 5.91 Å². The van der Waals surface area contributed by atoms with Gasteiger partial charge >= 0.3 is 6.18 Å². The van der Waals surface area contributed by atoms with Crippen molar-refractivity contribution in [2.75, 3.05) is 32.6 Å². The van der Waals surface area contributed by atoms with Crippen LogP contribution >= 0.6 is 0 Å². The third-order valence-electron chi connectivity index (χ3n) is 8.03. The van der Waals surface area contributed by atoms with Crippen LogP contribution in [0.5, 0.6) is 0 Å². The topological polar surface area (TPSA) is 109 Å². The minimum absolute atomic E-state index is 0.0281. The molecule has 0 saturated heterocycles. The first-order chi connectivity index (χ1) is 19.0. The van der Waals surface area contributed by atoms with E-state index < -0.39 is 33.9 Å². The molecule has 1 aromatic heterocycles. The van der Waals surface area contributed by atoms with Gasteiger partial charge in [-0.1, -0.05) is 19.1 Å². The number of hydrogen-bond donors (Lipinski definition) is 2. The smallest absolute Gasteiger partial charge is 0.391 e. The van der Waals surface area contributed by atoms with Crippen LogP contribution in [0.25, 0.3) is 0 Å². The van der Waals surface area contributed by atoms with Crippen LogP contribution in [0.4, 0.5) is 13.2 Å². The summed E-state index contributed by atoms with van der Waals surface area (Å²) in [7, 11) is -1.78. The summed E-state index contributed by atoms with van der Waals surface area (Å²) < 4.78 is 68.8. The highest BCUT2D eigenvalue weighted by Gasteiger charge is 2.42. The van der Waals surface area contributed by atoms with Crippen molar-refractivity contribution < 1.29 is 36.2 Å². The molecule has 1 amide bonds. The monoisotopic (exact) mass is 583 g/mol. The van der Waals surface area contributed by atoms with Crippen LogP contribution in [0.3, 0.4) is 0 Å². The highest BCUT2D eigenvalue weighted by molar-refractivity contribution is 7.91. The molecule has 8 nitrogen and oxygen atoms in total. The second kappa shape index (κ2) is 12.5. The molecule has 2 aromatic rings. The van der Waals surface area contributed by atoms with Crippen LogP contribution in [0.1, 0.15) is 71.9 Å². The third kappa shape index (κ3) is 6.84. The number of amides is 1. The van der Waals surface area contributed by atoms with E-state index in [4.69, 9.17) is 4.74 Å². The highest BCUT2D eigenvalue weighted by atomic mass is 32.2. The summed E-state index contributed by atoms with van der Waals surface area (Å²) in [5, 5.41) is 12.7. The SMILES string of the molecule is CCS(=O)(=O)c1ccc([C@H](CO)NC(=O)c2cnc3c(c2)CN(C[C@H]2CC[C@H](C(F)(F)F)CC2)[C@@H]3COC)cc1. The predicted octanol–water partition coefficient (Wildman–Crippen LogP) is 4.21. The number of rotatable bonds is 10. The number of aromatic nitrogens is 1. The Kier molecular flexibility index (Phi) is 9.54. The van der Waals surface area contributed by atoms with E-state index in [1.807, 2.05) is 0 Å². The van der Waals surface area contributed by atoms with Gasteiger partial charge in [0.15, 0.2) is 9.84 Å². The summed E-state index contributed by atoms with van der Waals surface area (Å²) >= 11 is 0. The molecule has 0 unspecified atom stereocenters. The molecular weight excluding hydrogens is 547 g/mol. The Balaban J connectivity index is 1.43. The number of alkyl halides is 3. The van der Waals surface area contributed by atoms with Crippen LogP contribution in [-0.4, -0.2) is 68.1 Å². The lowest BCUT2D eigenvalue weighted by atomic mass is 9.81. The van der Waals surface area contributed by atoms with Gasteiger partial charge in [-0.3, -0.25) is 14.7 Å². The van der Waals surface area contributed by atoms with Crippen molar-refractivity contribution >= 4 is 15.7 Å². The number of nitrogens with zero attached hydrogens (tertiary/aromatic N) is 2. The first kappa shape index (κ1) is 30.4. The van der Waals surface area contributed by atoms with Crippen molar-refractivity contribution in [3.8, 4) is 0 Å². The van der Waals surface area contributed by atoms with E-state index in [0.29, 0.717) is 43.7 Å². The average molecular weight is 584 g/mol. The molecule has 0 spiro atoms. The number of pyridine rings is 1. The van der Waals surface area contributed by atoms with E-state index in [-0.39, 0.29) is 42.1 Å². The number of aliphatic hydroxyl groups is 1. The number of methoxy groups -OCH3 is 1. The van der Waals surface area contributed by atoms with Crippen molar-refractivity contribution in [1.29, 1.82) is 0 Å². The Morgan fingerprint density at radius 1 is 1.20 bits per heavy atom. The van der Waals surface area contributed by atoms with Gasteiger partial charge in [0.05, 0.1) is 53.1 Å². The van der Waals surface area contributed by atoms with Crippen molar-refractivity contribution in [3.05, 3.63) is 58.9 Å². The van der Waals surface area contributed by atoms with E-state index in [2.05, 4.69) is 15.2 Å². The standard InChI is InChI=1S/C28H36F3N3O5S/c1-3-40(37,38)23-10-6-19(7-11-23)24(16-35)33-27(36)20-12-21-15-34(25(17-39-2)26(21)32-13-20)14-18-4-8-22(9-5-18)28(29,30)31/h6-7,10-13,18,22,24-25,35H,3-5,8-9,14-17H2,1-2H3,(H,33,36)/t18-,22-,24-,25+/m0/s1. The van der Waals surface area contributed by atoms with E-state index in [0.717, 1.165) is 11.3 Å². The van der Waals surface area contributed by atoms with Crippen LogP contribution in [-0.2, 0) is 21.1 Å². The van der Waals surface area contributed by atoms with Gasteiger partial charge in [-0.15, -0.1) is 0 Å². The Morgan fingerprint density at radius 2 is 1.88 bits per heavy atom. The average Bonchev–Trinajstić information content (AvgIpc) is 3.27. The van der Waals surface area contributed by atoms with Gasteiger partial charge in [-0.25, -0.2) is 8.42 Å². The van der Waals surface area contributed by atoms with Crippen molar-refractivity contribution in [3.63, 3.8) is 0 Å². The Hall–Kier alpha value is -2.54. The summed E-state index contributed by atoms with van der Waals surface area (Å²) in [5.41, 5.74) is 2.51. The van der Waals surface area contributed by atoms with Crippen molar-refractivity contribution in [2.24, 2.45) is 11.8 Å². The lowest BCUT2D eigenvalue weighted by Gasteiger charge is -2.34. The number of sulfone groups is 1. The molecule has 1 fully saturated rings. The first-order valence-electron chi connectivity index (χ1n) is 13.5. The van der Waals surface area contributed by atoms with Gasteiger partial charge in [0.1, 0.15) is 0 Å². The van der Waals surface area contributed by atoms with Gasteiger partial charge in [-0.2, -0.15) is 13.2 Å². The lowest BCUT2D eigenvalue weighted by molar-refractivity contribution is -0.184. The number of carbonyl (C=O) groups excluding carboxylic acids is 1. The summed E-state index contributed by atoms with van der Waals surface area (Å²) in [6.45, 7) is 2.69. The summed E-state index contributed by atoms with van der Waals surface area (Å²) in [6.07, 6.45) is -1.33. The molecule has 2 N–H and O–H groups in total. The summed E-state index contributed by atoms with van der Waals surface area (Å²) in [5.74, 6) is -1.53. The lowest BCUT2D eigenvalue weighted by Crippen LogP contribution is -2.34. The quantitative estimate of drug-likeness (QED) is 0.431. The largest absolute Gasteiger partial charge is 0.394 e. The second-order valence-corrected chi connectivity index (χ2v) is 12.9. The zero-order valence-corrected chi connectivity index (χ0v) is 23.5. The number of benzene rings is 1. The van der Waals surface area contributed by atoms with Crippen molar-refractivity contribution in [2.45, 2.75) is 62.3 Å². The molecule has 40 heavy (non-hydrogen) atoms. The molecule has 1 aromatic carbocycles. The van der Waals surface area contributed by atoms with Crippen LogP contribution < -0.4 is 5.32 Å². The Labute approximate surface area is 232 Å². The Bertz CT molecular complexity index is 1280. The maximum absolute atomic E-state index is 13.1. The van der Waals surface area contributed by atoms with Gasteiger partial charge in [0, 0.05) is 26.4 Å². The Morgan fingerprint density at radius 3 is 2.45 bits per heavy atom. The van der Waals surface area contributed by atoms with Gasteiger partial charge in [-0.05, 0) is 60.9 Å². The van der Waals surface area contributed by atoms with Crippen LogP contribution in [0, 0.1) is 11.8 Å². The molecule has 2 heterocycles. The normalized spacial score (nSPS) is 22.6. The van der Waals surface area contributed by atoms with Crippen LogP contribution in [0.2, 0.25) is 0 Å². The number of carbonyl (C=O) groups is 1. The zero-order chi connectivity index (χ0) is 29.1. The maximum atomic E-state index is 13.1. The number of nitrogens with one attached hydrogen (secondary N) is 1. The maximum Gasteiger partial charge on any atom is 0.391 e. The highest BCUT2D eigenvalue weighted by Crippen LogP contribution is 2.41. The van der Waals surface area contributed by atoms with E-state index >= 15 is 0 Å². The molecular formula is C28H36F3N3O5S. The van der Waals surface area contributed by atoms with E-state index in [1.54, 1.807) is 32.2 Å². The second-order valence-electron chi connectivity index (χ2n) is 10.6. The summed E-state index contributed by atoms with van der Waals surface area (Å²) in [6, 6.07) is 6.91. The number of ether oxygens (including phenoxy) is 1. The molecule has 0 radical (unpaired) electrons. The molecule has 4 rings (SSSR count). The molecule has 12 heteroatoms. The summed E-state index contributed by atoms with van der Waals surface area (Å²) in [4.78, 5) is 20.0. The molecule has 1 aliphatic carbocycles. The fraction of sp³-hybridized carbons (Fsp3) is 0.571. The molecule has 0 bridgehead atoms. The van der Waals surface area contributed by atoms with Gasteiger partial charge < -0.3 is 15.2 Å². The van der Waals surface area contributed by atoms with E-state index in [1.165, 1.54) is 18.3 Å². The number of aliphatic hydroxyl groups excluding tert-OH is 1. The zero-order valence-electron chi connectivity index (χ0n) is 22.7. The van der Waals surface area contributed by atoms with Crippen LogP contribution in [0.15, 0.2) is 41.4 Å².